The SMILES string of the molecule is CNc1ccc(C(=O)N[C@@H]2C(C)(C)[C@@H]3CC[C@]2(C)C3)cc1S(=O)(=O)N1CCC1. The number of anilines is 1. The lowest BCUT2D eigenvalue weighted by Crippen LogP contribution is -2.52. The van der Waals surface area contributed by atoms with Crippen LogP contribution in [0.25, 0.3) is 0 Å². The molecule has 2 bridgehead atoms. The second-order valence-electron chi connectivity index (χ2n) is 9.54. The average molecular weight is 406 g/mol. The molecule has 3 atom stereocenters. The molecule has 0 radical (unpaired) electrons. The van der Waals surface area contributed by atoms with Gasteiger partial charge in [-0.2, -0.15) is 4.31 Å². The Hall–Kier alpha value is -1.60. The second-order valence-corrected chi connectivity index (χ2v) is 11.4. The molecule has 2 aliphatic carbocycles. The Morgan fingerprint density at radius 2 is 1.93 bits per heavy atom. The van der Waals surface area contributed by atoms with Gasteiger partial charge in [0.15, 0.2) is 0 Å². The van der Waals surface area contributed by atoms with E-state index in [0.29, 0.717) is 30.3 Å². The lowest BCUT2D eigenvalue weighted by Gasteiger charge is -2.43. The quantitative estimate of drug-likeness (QED) is 0.789. The van der Waals surface area contributed by atoms with Crippen molar-refractivity contribution in [2.24, 2.45) is 16.7 Å². The van der Waals surface area contributed by atoms with Crippen LogP contribution in [-0.2, 0) is 10.0 Å². The fourth-order valence-electron chi connectivity index (χ4n) is 5.63. The van der Waals surface area contributed by atoms with Crippen molar-refractivity contribution in [3.05, 3.63) is 23.8 Å². The molecule has 0 unspecified atom stereocenters. The fourth-order valence-corrected chi connectivity index (χ4v) is 7.37. The first kappa shape index (κ1) is 19.7. The first-order valence-electron chi connectivity index (χ1n) is 10.2. The van der Waals surface area contributed by atoms with Gasteiger partial charge < -0.3 is 10.6 Å². The van der Waals surface area contributed by atoms with Crippen LogP contribution in [0.15, 0.2) is 23.1 Å². The predicted molar refractivity (Wildman–Crippen MR) is 110 cm³/mol. The molecule has 1 heterocycles. The molecule has 2 saturated carbocycles. The topological polar surface area (TPSA) is 78.5 Å². The first-order chi connectivity index (χ1) is 13.1. The molecule has 0 aromatic heterocycles. The van der Waals surface area contributed by atoms with Gasteiger partial charge in [-0.05, 0) is 60.6 Å². The van der Waals surface area contributed by atoms with Gasteiger partial charge in [-0.25, -0.2) is 8.42 Å². The van der Waals surface area contributed by atoms with E-state index in [0.717, 1.165) is 19.3 Å². The number of nitrogens with zero attached hydrogens (tertiary/aromatic N) is 1. The summed E-state index contributed by atoms with van der Waals surface area (Å²) in [5.74, 6) is 0.450. The first-order valence-corrected chi connectivity index (χ1v) is 11.7. The van der Waals surface area contributed by atoms with Gasteiger partial charge in [-0.15, -0.1) is 0 Å². The Labute approximate surface area is 168 Å². The number of benzene rings is 1. The van der Waals surface area contributed by atoms with Crippen LogP contribution in [0.1, 0.15) is 56.8 Å². The van der Waals surface area contributed by atoms with E-state index in [-0.39, 0.29) is 27.7 Å². The average Bonchev–Trinajstić information content (AvgIpc) is 3.07. The molecular formula is C21H31N3O3S. The maximum atomic E-state index is 13.1. The van der Waals surface area contributed by atoms with Crippen LogP contribution < -0.4 is 10.6 Å². The standard InChI is InChI=1S/C21H31N3O3S/c1-20(2)15-8-9-21(3,13-15)19(20)23-18(25)14-6-7-16(22-4)17(12-14)28(26,27)24-10-5-11-24/h6-7,12,15,19,22H,5,8-11,13H2,1-4H3,(H,23,25)/t15-,19-,21-/m1/s1. The number of hydrogen-bond donors (Lipinski definition) is 2. The second kappa shape index (κ2) is 6.46. The van der Waals surface area contributed by atoms with Crippen molar-refractivity contribution in [3.63, 3.8) is 0 Å². The molecule has 28 heavy (non-hydrogen) atoms. The molecule has 1 aliphatic heterocycles. The molecular weight excluding hydrogens is 374 g/mol. The van der Waals surface area contributed by atoms with Crippen LogP contribution in [0.5, 0.6) is 0 Å². The summed E-state index contributed by atoms with van der Waals surface area (Å²) < 4.78 is 27.3. The van der Waals surface area contributed by atoms with Crippen molar-refractivity contribution in [1.82, 2.24) is 9.62 Å². The minimum atomic E-state index is -3.58. The van der Waals surface area contributed by atoms with Crippen LogP contribution in [0.2, 0.25) is 0 Å². The Bertz CT molecular complexity index is 903. The van der Waals surface area contributed by atoms with Crippen molar-refractivity contribution < 1.29 is 13.2 Å². The molecule has 1 aromatic carbocycles. The summed E-state index contributed by atoms with van der Waals surface area (Å²) >= 11 is 0. The van der Waals surface area contributed by atoms with Gasteiger partial charge >= 0.3 is 0 Å². The Balaban J connectivity index is 1.63. The largest absolute Gasteiger partial charge is 0.387 e. The number of fused-ring (bicyclic) bond motifs is 2. The molecule has 0 spiro atoms. The van der Waals surface area contributed by atoms with E-state index in [1.54, 1.807) is 19.2 Å². The number of carbonyl (C=O) groups is 1. The van der Waals surface area contributed by atoms with E-state index in [9.17, 15) is 13.2 Å². The van der Waals surface area contributed by atoms with Crippen molar-refractivity contribution >= 4 is 21.6 Å². The summed E-state index contributed by atoms with van der Waals surface area (Å²) in [7, 11) is -1.88. The van der Waals surface area contributed by atoms with Crippen LogP contribution in [-0.4, -0.2) is 44.8 Å². The zero-order valence-corrected chi connectivity index (χ0v) is 18.0. The summed E-state index contributed by atoms with van der Waals surface area (Å²) in [6.07, 6.45) is 4.40. The monoisotopic (exact) mass is 405 g/mol. The zero-order chi connectivity index (χ0) is 20.3. The van der Waals surface area contributed by atoms with E-state index in [2.05, 4.69) is 31.4 Å². The van der Waals surface area contributed by atoms with Crippen LogP contribution >= 0.6 is 0 Å². The number of hydrogen-bond acceptors (Lipinski definition) is 4. The molecule has 2 N–H and O–H groups in total. The van der Waals surface area contributed by atoms with E-state index in [4.69, 9.17) is 0 Å². The van der Waals surface area contributed by atoms with Crippen LogP contribution in [0.3, 0.4) is 0 Å². The summed E-state index contributed by atoms with van der Waals surface area (Å²) in [4.78, 5) is 13.3. The Kier molecular flexibility index (Phi) is 4.54. The Morgan fingerprint density at radius 1 is 1.21 bits per heavy atom. The van der Waals surface area contributed by atoms with Gasteiger partial charge in [0.25, 0.3) is 5.91 Å². The number of sulfonamides is 1. The van der Waals surface area contributed by atoms with Gasteiger partial charge in [-0.3, -0.25) is 4.79 Å². The molecule has 6 nitrogen and oxygen atoms in total. The lowest BCUT2D eigenvalue weighted by molar-refractivity contribution is 0.0737. The van der Waals surface area contributed by atoms with Gasteiger partial charge in [-0.1, -0.05) is 20.8 Å². The fraction of sp³-hybridized carbons (Fsp3) is 0.667. The van der Waals surface area contributed by atoms with E-state index >= 15 is 0 Å². The summed E-state index contributed by atoms with van der Waals surface area (Å²) in [5.41, 5.74) is 1.11. The number of nitrogens with one attached hydrogen (secondary N) is 2. The number of amides is 1. The third kappa shape index (κ3) is 2.86. The lowest BCUT2D eigenvalue weighted by atomic mass is 9.68. The third-order valence-electron chi connectivity index (χ3n) is 7.49. The molecule has 7 heteroatoms. The maximum Gasteiger partial charge on any atom is 0.251 e. The molecule has 3 fully saturated rings. The molecule has 1 amide bonds. The Morgan fingerprint density at radius 3 is 2.46 bits per heavy atom. The maximum absolute atomic E-state index is 13.1. The molecule has 4 rings (SSSR count). The number of rotatable bonds is 5. The minimum Gasteiger partial charge on any atom is -0.387 e. The predicted octanol–water partition coefficient (Wildman–Crippen LogP) is 3.07. The van der Waals surface area contributed by atoms with E-state index in [1.807, 2.05) is 0 Å². The van der Waals surface area contributed by atoms with Gasteiger partial charge in [0.2, 0.25) is 10.0 Å². The van der Waals surface area contributed by atoms with Crippen LogP contribution in [0.4, 0.5) is 5.69 Å². The number of carbonyl (C=O) groups excluding carboxylic acids is 1. The van der Waals surface area contributed by atoms with E-state index < -0.39 is 10.0 Å². The van der Waals surface area contributed by atoms with Crippen LogP contribution in [0, 0.1) is 16.7 Å². The molecule has 1 saturated heterocycles. The van der Waals surface area contributed by atoms with Gasteiger partial charge in [0, 0.05) is 31.7 Å². The smallest absolute Gasteiger partial charge is 0.251 e. The molecule has 154 valence electrons. The highest BCUT2D eigenvalue weighted by Crippen LogP contribution is 2.62. The van der Waals surface area contributed by atoms with Gasteiger partial charge in [0.05, 0.1) is 5.69 Å². The van der Waals surface area contributed by atoms with Gasteiger partial charge in [0.1, 0.15) is 4.90 Å². The summed E-state index contributed by atoms with van der Waals surface area (Å²) in [6, 6.07) is 5.02. The minimum absolute atomic E-state index is 0.0557. The normalized spacial score (nSPS) is 31.4. The van der Waals surface area contributed by atoms with Crippen molar-refractivity contribution in [2.75, 3.05) is 25.5 Å². The van der Waals surface area contributed by atoms with E-state index in [1.165, 1.54) is 16.8 Å². The van der Waals surface area contributed by atoms with Crippen molar-refractivity contribution in [3.8, 4) is 0 Å². The zero-order valence-electron chi connectivity index (χ0n) is 17.2. The highest BCUT2D eigenvalue weighted by molar-refractivity contribution is 7.89. The highest BCUT2D eigenvalue weighted by Gasteiger charge is 2.59. The highest BCUT2D eigenvalue weighted by atomic mass is 32.2. The molecule has 3 aliphatic rings. The molecule has 1 aromatic rings. The van der Waals surface area contributed by atoms with Crippen molar-refractivity contribution in [2.45, 2.75) is 57.4 Å². The van der Waals surface area contributed by atoms with Crippen molar-refractivity contribution in [1.29, 1.82) is 0 Å². The summed E-state index contributed by atoms with van der Waals surface area (Å²) in [5, 5.41) is 6.21. The third-order valence-corrected chi connectivity index (χ3v) is 9.43. The summed E-state index contributed by atoms with van der Waals surface area (Å²) in [6.45, 7) is 7.85.